The summed E-state index contributed by atoms with van der Waals surface area (Å²) in [5.74, 6) is 0. The fraction of sp³-hybridized carbons (Fsp3) is 1.00. The molecule has 0 aliphatic carbocycles. The van der Waals surface area contributed by atoms with E-state index in [4.69, 9.17) is 28.4 Å². The summed E-state index contributed by atoms with van der Waals surface area (Å²) >= 11 is 0. The fourth-order valence-corrected chi connectivity index (χ4v) is 2.20. The van der Waals surface area contributed by atoms with Gasteiger partial charge in [0.05, 0.1) is 52.9 Å². The van der Waals surface area contributed by atoms with Crippen molar-refractivity contribution in [1.29, 1.82) is 0 Å². The molecule has 0 spiro atoms. The van der Waals surface area contributed by atoms with E-state index in [2.05, 4.69) is 0 Å². The second kappa shape index (κ2) is 18.1. The third kappa shape index (κ3) is 13.7. The summed E-state index contributed by atoms with van der Waals surface area (Å²) in [6, 6.07) is 0. The first-order valence-corrected chi connectivity index (χ1v) is 9.59. The van der Waals surface area contributed by atoms with Crippen molar-refractivity contribution in [2.45, 2.75) is 42.7 Å². The van der Waals surface area contributed by atoms with Gasteiger partial charge in [-0.1, -0.05) is 0 Å². The summed E-state index contributed by atoms with van der Waals surface area (Å²) in [5.41, 5.74) is 0. The third-order valence-electron chi connectivity index (χ3n) is 4.03. The van der Waals surface area contributed by atoms with Crippen LogP contribution >= 0.6 is 0 Å². The van der Waals surface area contributed by atoms with Crippen LogP contribution < -0.4 is 0 Å². The SMILES string of the molecule is COCC(O)C(O)COCC(COCC(O)C(O)COC)OCC(O)C(O)COC. The molecular weight excluding hydrogens is 408 g/mol. The lowest BCUT2D eigenvalue weighted by Crippen LogP contribution is -2.39. The fourth-order valence-electron chi connectivity index (χ4n) is 2.20. The summed E-state index contributed by atoms with van der Waals surface area (Å²) in [6.07, 6.45) is -7.67. The van der Waals surface area contributed by atoms with E-state index in [1.807, 2.05) is 0 Å². The molecule has 0 aromatic rings. The number of hydrogen-bond donors (Lipinski definition) is 6. The summed E-state index contributed by atoms with van der Waals surface area (Å²) in [7, 11) is 4.16. The van der Waals surface area contributed by atoms with Gasteiger partial charge in [0.2, 0.25) is 0 Å². The van der Waals surface area contributed by atoms with E-state index in [0.717, 1.165) is 0 Å². The topological polar surface area (TPSA) is 177 Å². The van der Waals surface area contributed by atoms with Crippen LogP contribution in [0, 0.1) is 0 Å². The zero-order valence-corrected chi connectivity index (χ0v) is 17.8. The van der Waals surface area contributed by atoms with Gasteiger partial charge < -0.3 is 59.1 Å². The van der Waals surface area contributed by atoms with E-state index in [1.54, 1.807) is 0 Å². The first-order chi connectivity index (χ1) is 14.3. The standard InChI is InChI=1S/C18H38O12/c1-25-6-13(19)16(22)9-28-4-12(30-11-18(24)15(21)8-27-3)5-29-10-17(23)14(20)7-26-2/h12-24H,4-11H2,1-3H3. The highest BCUT2D eigenvalue weighted by Gasteiger charge is 2.22. The maximum atomic E-state index is 9.88. The van der Waals surface area contributed by atoms with E-state index in [0.29, 0.717) is 0 Å². The summed E-state index contributed by atoms with van der Waals surface area (Å²) in [5, 5.41) is 58.4. The zero-order valence-electron chi connectivity index (χ0n) is 17.8. The Kier molecular flexibility index (Phi) is 17.8. The van der Waals surface area contributed by atoms with Crippen molar-refractivity contribution in [2.24, 2.45) is 0 Å². The molecule has 0 saturated carbocycles. The molecule has 6 N–H and O–H groups in total. The quantitative estimate of drug-likeness (QED) is 0.109. The number of rotatable bonds is 20. The number of methoxy groups -OCH3 is 3. The van der Waals surface area contributed by atoms with E-state index in [1.165, 1.54) is 21.3 Å². The third-order valence-corrected chi connectivity index (χ3v) is 4.03. The van der Waals surface area contributed by atoms with Crippen molar-refractivity contribution in [1.82, 2.24) is 0 Å². The molecule has 0 aromatic carbocycles. The zero-order chi connectivity index (χ0) is 22.9. The molecule has 0 rings (SSSR count). The van der Waals surface area contributed by atoms with Crippen molar-refractivity contribution in [3.63, 3.8) is 0 Å². The highest BCUT2D eigenvalue weighted by atomic mass is 16.6. The highest BCUT2D eigenvalue weighted by Crippen LogP contribution is 2.04. The molecule has 0 saturated heterocycles. The van der Waals surface area contributed by atoms with Gasteiger partial charge in [0.25, 0.3) is 0 Å². The van der Waals surface area contributed by atoms with Crippen LogP contribution in [0.4, 0.5) is 0 Å². The van der Waals surface area contributed by atoms with Crippen molar-refractivity contribution < 1.29 is 59.1 Å². The number of aliphatic hydroxyl groups excluding tert-OH is 6. The smallest absolute Gasteiger partial charge is 0.105 e. The number of aliphatic hydroxyl groups is 6. The van der Waals surface area contributed by atoms with Crippen LogP contribution in [-0.2, 0) is 28.4 Å². The molecular formula is C18H38O12. The van der Waals surface area contributed by atoms with E-state index < -0.39 is 42.7 Å². The lowest BCUT2D eigenvalue weighted by molar-refractivity contribution is -0.130. The van der Waals surface area contributed by atoms with Crippen LogP contribution in [0.1, 0.15) is 0 Å². The van der Waals surface area contributed by atoms with Gasteiger partial charge in [0.1, 0.15) is 42.7 Å². The molecule has 0 amide bonds. The first kappa shape index (κ1) is 29.5. The summed E-state index contributed by atoms with van der Waals surface area (Å²) < 4.78 is 30.4. The molecule has 12 nitrogen and oxygen atoms in total. The van der Waals surface area contributed by atoms with Crippen LogP contribution in [0.2, 0.25) is 0 Å². The van der Waals surface area contributed by atoms with Crippen molar-refractivity contribution in [3.8, 4) is 0 Å². The minimum absolute atomic E-state index is 0.0567. The monoisotopic (exact) mass is 446 g/mol. The van der Waals surface area contributed by atoms with Crippen LogP contribution in [0.25, 0.3) is 0 Å². The van der Waals surface area contributed by atoms with Crippen molar-refractivity contribution >= 4 is 0 Å². The van der Waals surface area contributed by atoms with E-state index in [-0.39, 0.29) is 52.9 Å². The largest absolute Gasteiger partial charge is 0.388 e. The molecule has 0 aliphatic rings. The van der Waals surface area contributed by atoms with Crippen LogP contribution in [0.5, 0.6) is 0 Å². The van der Waals surface area contributed by atoms with Gasteiger partial charge in [0.15, 0.2) is 0 Å². The number of ether oxygens (including phenoxy) is 6. The van der Waals surface area contributed by atoms with Gasteiger partial charge >= 0.3 is 0 Å². The van der Waals surface area contributed by atoms with Crippen LogP contribution in [0.3, 0.4) is 0 Å². The molecule has 182 valence electrons. The molecule has 30 heavy (non-hydrogen) atoms. The molecule has 0 bridgehead atoms. The Balaban J connectivity index is 4.53. The lowest BCUT2D eigenvalue weighted by Gasteiger charge is -2.24. The second-order valence-electron chi connectivity index (χ2n) is 6.80. The predicted octanol–water partition coefficient (Wildman–Crippen LogP) is -3.49. The van der Waals surface area contributed by atoms with E-state index in [9.17, 15) is 30.6 Å². The molecule has 12 heteroatoms. The minimum Gasteiger partial charge on any atom is -0.388 e. The average Bonchev–Trinajstić information content (AvgIpc) is 2.71. The molecule has 6 unspecified atom stereocenters. The van der Waals surface area contributed by atoms with Gasteiger partial charge in [0, 0.05) is 21.3 Å². The molecule has 0 aliphatic heterocycles. The molecule has 0 aromatic heterocycles. The lowest BCUT2D eigenvalue weighted by atomic mass is 10.2. The maximum Gasteiger partial charge on any atom is 0.105 e. The Morgan fingerprint density at radius 1 is 0.433 bits per heavy atom. The highest BCUT2D eigenvalue weighted by molar-refractivity contribution is 4.70. The normalized spacial score (nSPS) is 19.1. The second-order valence-corrected chi connectivity index (χ2v) is 6.80. The van der Waals surface area contributed by atoms with Gasteiger partial charge in [-0.05, 0) is 0 Å². The van der Waals surface area contributed by atoms with E-state index >= 15 is 0 Å². The van der Waals surface area contributed by atoms with Crippen LogP contribution in [-0.4, -0.2) is 148 Å². The Labute approximate surface area is 176 Å². The Morgan fingerprint density at radius 3 is 1.07 bits per heavy atom. The van der Waals surface area contributed by atoms with Gasteiger partial charge in [-0.3, -0.25) is 0 Å². The molecule has 0 radical (unpaired) electrons. The Morgan fingerprint density at radius 2 is 0.733 bits per heavy atom. The molecule has 6 atom stereocenters. The summed E-state index contributed by atoms with van der Waals surface area (Å²) in [4.78, 5) is 0. The average molecular weight is 446 g/mol. The summed E-state index contributed by atoms with van der Waals surface area (Å²) in [6.45, 7) is -0.970. The van der Waals surface area contributed by atoms with Gasteiger partial charge in [-0.2, -0.15) is 0 Å². The Hall–Kier alpha value is -0.480. The molecule has 0 fully saturated rings. The minimum atomic E-state index is -1.21. The van der Waals surface area contributed by atoms with Crippen molar-refractivity contribution in [2.75, 3.05) is 74.2 Å². The predicted molar refractivity (Wildman–Crippen MR) is 103 cm³/mol. The van der Waals surface area contributed by atoms with Crippen molar-refractivity contribution in [3.05, 3.63) is 0 Å². The van der Waals surface area contributed by atoms with Gasteiger partial charge in [-0.25, -0.2) is 0 Å². The van der Waals surface area contributed by atoms with Crippen LogP contribution in [0.15, 0.2) is 0 Å². The first-order valence-electron chi connectivity index (χ1n) is 9.59. The molecule has 0 heterocycles. The number of hydrogen-bond acceptors (Lipinski definition) is 12. The van der Waals surface area contributed by atoms with Gasteiger partial charge in [-0.15, -0.1) is 0 Å². The maximum absolute atomic E-state index is 9.88. The Bertz CT molecular complexity index is 364.